The van der Waals surface area contributed by atoms with E-state index in [2.05, 4.69) is 15.3 Å². The molecule has 1 aromatic carbocycles. The number of nitrogen functional groups attached to an aromatic ring is 1. The lowest BCUT2D eigenvalue weighted by molar-refractivity contribution is 0.727. The predicted octanol–water partition coefficient (Wildman–Crippen LogP) is 2.13. The molecule has 3 aromatic rings. The number of nitrogens with one attached hydrogen (secondary N) is 1. The Balaban J connectivity index is 1.79. The first-order valence-corrected chi connectivity index (χ1v) is 6.17. The molecule has 3 N–H and O–H groups in total. The minimum absolute atomic E-state index is 0.753. The summed E-state index contributed by atoms with van der Waals surface area (Å²) >= 11 is 0. The molecule has 0 saturated carbocycles. The maximum absolute atomic E-state index is 5.95. The van der Waals surface area contributed by atoms with Crippen LogP contribution in [0.2, 0.25) is 0 Å². The minimum Gasteiger partial charge on any atom is -0.398 e. The summed E-state index contributed by atoms with van der Waals surface area (Å²) in [5.41, 5.74) is 8.62. The fourth-order valence-electron chi connectivity index (χ4n) is 2.08. The van der Waals surface area contributed by atoms with E-state index in [9.17, 15) is 0 Å². The largest absolute Gasteiger partial charge is 0.398 e. The molecule has 0 unspecified atom stereocenters. The van der Waals surface area contributed by atoms with Gasteiger partial charge in [0, 0.05) is 42.8 Å². The highest BCUT2D eigenvalue weighted by Gasteiger charge is 2.04. The van der Waals surface area contributed by atoms with Gasteiger partial charge in [-0.3, -0.25) is 4.98 Å². The quantitative estimate of drug-likeness (QED) is 0.699. The molecule has 0 saturated heterocycles. The Bertz CT molecular complexity index is 675. The summed E-state index contributed by atoms with van der Waals surface area (Å²) < 4.78 is 2.03. The molecule has 0 aliphatic rings. The number of hydrogen-bond donors (Lipinski definition) is 2. The SMILES string of the molecule is Nc1ccc(NCCn2ccnc2)c2ncccc12. The van der Waals surface area contributed by atoms with Gasteiger partial charge in [-0.05, 0) is 24.3 Å². The number of rotatable bonds is 4. The van der Waals surface area contributed by atoms with E-state index in [-0.39, 0.29) is 0 Å². The van der Waals surface area contributed by atoms with Crippen LogP contribution in [-0.4, -0.2) is 21.1 Å². The first-order valence-electron chi connectivity index (χ1n) is 6.17. The van der Waals surface area contributed by atoms with Crippen molar-refractivity contribution < 1.29 is 0 Å². The zero-order chi connectivity index (χ0) is 13.1. The lowest BCUT2D eigenvalue weighted by atomic mass is 10.1. The topological polar surface area (TPSA) is 68.8 Å². The molecule has 96 valence electrons. The molecule has 0 aliphatic carbocycles. The number of anilines is 2. The minimum atomic E-state index is 0.753. The zero-order valence-electron chi connectivity index (χ0n) is 10.5. The van der Waals surface area contributed by atoms with Gasteiger partial charge >= 0.3 is 0 Å². The molecule has 19 heavy (non-hydrogen) atoms. The van der Waals surface area contributed by atoms with E-state index in [1.165, 1.54) is 0 Å². The van der Waals surface area contributed by atoms with Gasteiger partial charge in [0.2, 0.25) is 0 Å². The Morgan fingerprint density at radius 1 is 1.21 bits per heavy atom. The number of benzene rings is 1. The molecule has 0 spiro atoms. The van der Waals surface area contributed by atoms with E-state index in [0.29, 0.717) is 0 Å². The number of nitrogens with zero attached hydrogens (tertiary/aromatic N) is 3. The highest BCUT2D eigenvalue weighted by atomic mass is 15.0. The Labute approximate surface area is 111 Å². The summed E-state index contributed by atoms with van der Waals surface area (Å²) in [6.07, 6.45) is 7.31. The van der Waals surface area contributed by atoms with Crippen LogP contribution in [0.25, 0.3) is 10.9 Å². The lowest BCUT2D eigenvalue weighted by Crippen LogP contribution is -2.09. The standard InChI is InChI=1S/C14H15N5/c15-12-3-4-13(14-11(12)2-1-5-18-14)17-7-9-19-8-6-16-10-19/h1-6,8,10,17H,7,9,15H2. The average molecular weight is 253 g/mol. The van der Waals surface area contributed by atoms with Gasteiger partial charge in [-0.1, -0.05) is 0 Å². The van der Waals surface area contributed by atoms with Crippen LogP contribution < -0.4 is 11.1 Å². The van der Waals surface area contributed by atoms with E-state index < -0.39 is 0 Å². The molecule has 5 heteroatoms. The fourth-order valence-corrected chi connectivity index (χ4v) is 2.08. The van der Waals surface area contributed by atoms with Crippen molar-refractivity contribution in [1.29, 1.82) is 0 Å². The number of aromatic nitrogens is 3. The van der Waals surface area contributed by atoms with Crippen LogP contribution in [0.4, 0.5) is 11.4 Å². The molecule has 0 fully saturated rings. The van der Waals surface area contributed by atoms with Crippen molar-refractivity contribution in [3.63, 3.8) is 0 Å². The van der Waals surface area contributed by atoms with Crippen LogP contribution >= 0.6 is 0 Å². The van der Waals surface area contributed by atoms with E-state index in [4.69, 9.17) is 5.73 Å². The number of hydrogen-bond acceptors (Lipinski definition) is 4. The number of fused-ring (bicyclic) bond motifs is 1. The summed E-state index contributed by atoms with van der Waals surface area (Å²) in [7, 11) is 0. The van der Waals surface area contributed by atoms with E-state index in [1.807, 2.05) is 35.0 Å². The summed E-state index contributed by atoms with van der Waals surface area (Å²) in [4.78, 5) is 8.41. The molecule has 2 heterocycles. The van der Waals surface area contributed by atoms with Crippen LogP contribution in [0.1, 0.15) is 0 Å². The molecule has 3 rings (SSSR count). The summed E-state index contributed by atoms with van der Waals surface area (Å²) in [5, 5.41) is 4.37. The van der Waals surface area contributed by atoms with Gasteiger partial charge in [0.15, 0.2) is 0 Å². The van der Waals surface area contributed by atoms with Crippen molar-refractivity contribution in [1.82, 2.24) is 14.5 Å². The first-order chi connectivity index (χ1) is 9.34. The second kappa shape index (κ2) is 4.97. The molecule has 2 aromatic heterocycles. The molecular weight excluding hydrogens is 238 g/mol. The Morgan fingerprint density at radius 3 is 3.00 bits per heavy atom. The molecule has 0 bridgehead atoms. The van der Waals surface area contributed by atoms with Gasteiger partial charge in [-0.2, -0.15) is 0 Å². The second-order valence-electron chi connectivity index (χ2n) is 4.33. The number of pyridine rings is 1. The maximum Gasteiger partial charge on any atom is 0.0953 e. The molecule has 5 nitrogen and oxygen atoms in total. The molecule has 0 atom stereocenters. The van der Waals surface area contributed by atoms with E-state index in [0.717, 1.165) is 35.4 Å². The van der Waals surface area contributed by atoms with Crippen LogP contribution in [0.3, 0.4) is 0 Å². The molecule has 0 amide bonds. The molecule has 0 radical (unpaired) electrons. The highest BCUT2D eigenvalue weighted by Crippen LogP contribution is 2.25. The van der Waals surface area contributed by atoms with Crippen LogP contribution in [0.15, 0.2) is 49.2 Å². The predicted molar refractivity (Wildman–Crippen MR) is 76.9 cm³/mol. The van der Waals surface area contributed by atoms with E-state index >= 15 is 0 Å². The fraction of sp³-hybridized carbons (Fsp3) is 0.143. The van der Waals surface area contributed by atoms with Crippen LogP contribution in [0, 0.1) is 0 Å². The third kappa shape index (κ3) is 2.35. The van der Waals surface area contributed by atoms with Crippen LogP contribution in [0.5, 0.6) is 0 Å². The van der Waals surface area contributed by atoms with E-state index in [1.54, 1.807) is 18.7 Å². The summed E-state index contributed by atoms with van der Waals surface area (Å²) in [5.74, 6) is 0. The smallest absolute Gasteiger partial charge is 0.0953 e. The Morgan fingerprint density at radius 2 is 2.16 bits per heavy atom. The second-order valence-corrected chi connectivity index (χ2v) is 4.33. The van der Waals surface area contributed by atoms with Crippen molar-refractivity contribution >= 4 is 22.3 Å². The number of nitrogens with two attached hydrogens (primary N) is 1. The van der Waals surface area contributed by atoms with Crippen molar-refractivity contribution in [3.8, 4) is 0 Å². The third-order valence-electron chi connectivity index (χ3n) is 3.05. The average Bonchev–Trinajstić information content (AvgIpc) is 2.95. The van der Waals surface area contributed by atoms with Gasteiger partial charge < -0.3 is 15.6 Å². The Hall–Kier alpha value is -2.56. The van der Waals surface area contributed by atoms with Crippen molar-refractivity contribution in [2.75, 3.05) is 17.6 Å². The Kier molecular flexibility index (Phi) is 3.02. The molecule has 0 aliphatic heterocycles. The van der Waals surface area contributed by atoms with Gasteiger partial charge in [0.25, 0.3) is 0 Å². The van der Waals surface area contributed by atoms with Crippen molar-refractivity contribution in [2.24, 2.45) is 0 Å². The highest BCUT2D eigenvalue weighted by molar-refractivity contribution is 5.98. The third-order valence-corrected chi connectivity index (χ3v) is 3.05. The monoisotopic (exact) mass is 253 g/mol. The number of imidazole rings is 1. The van der Waals surface area contributed by atoms with Crippen LogP contribution in [-0.2, 0) is 6.54 Å². The summed E-state index contributed by atoms with van der Waals surface area (Å²) in [6, 6.07) is 7.76. The lowest BCUT2D eigenvalue weighted by Gasteiger charge is -2.10. The maximum atomic E-state index is 5.95. The van der Waals surface area contributed by atoms with Gasteiger partial charge in [-0.25, -0.2) is 4.98 Å². The van der Waals surface area contributed by atoms with Gasteiger partial charge in [0.05, 0.1) is 17.5 Å². The van der Waals surface area contributed by atoms with Crippen molar-refractivity contribution in [3.05, 3.63) is 49.2 Å². The normalized spacial score (nSPS) is 10.7. The summed E-state index contributed by atoms with van der Waals surface area (Å²) in [6.45, 7) is 1.67. The van der Waals surface area contributed by atoms with Gasteiger partial charge in [0.1, 0.15) is 0 Å². The zero-order valence-corrected chi connectivity index (χ0v) is 10.5. The van der Waals surface area contributed by atoms with Crippen molar-refractivity contribution in [2.45, 2.75) is 6.54 Å². The first kappa shape index (κ1) is 11.5. The van der Waals surface area contributed by atoms with Gasteiger partial charge in [-0.15, -0.1) is 0 Å². The molecular formula is C14H15N5.